The Morgan fingerprint density at radius 1 is 1.00 bits per heavy atom. The molecular weight excluding hydrogens is 497 g/mol. The van der Waals surface area contributed by atoms with Gasteiger partial charge in [-0.05, 0) is 43.2 Å². The first kappa shape index (κ1) is 23.9. The number of nitrogens with one attached hydrogen (secondary N) is 2. The molecule has 0 amide bonds. The van der Waals surface area contributed by atoms with E-state index in [2.05, 4.69) is 15.6 Å². The van der Waals surface area contributed by atoms with Gasteiger partial charge in [-0.25, -0.2) is 0 Å². The Morgan fingerprint density at radius 3 is 2.50 bits per heavy atom. The fourth-order valence-corrected chi connectivity index (χ4v) is 3.02. The average Bonchev–Trinajstić information content (AvgIpc) is 2.98. The number of fused-ring (bicyclic) bond motifs is 1. The number of benzene rings is 2. The molecule has 1 aliphatic rings. The molecule has 0 aliphatic carbocycles. The Balaban J connectivity index is 0.00000320. The summed E-state index contributed by atoms with van der Waals surface area (Å²) in [5, 5.41) is 6.61. The Bertz CT molecular complexity index is 845. The fraction of sp³-hybridized carbons (Fsp3) is 0.409. The van der Waals surface area contributed by atoms with Gasteiger partial charge in [0.05, 0.1) is 27.4 Å². The number of ether oxygens (including phenoxy) is 4. The summed E-state index contributed by atoms with van der Waals surface area (Å²) in [6, 6.07) is 11.8. The first-order valence-electron chi connectivity index (χ1n) is 9.89. The molecule has 2 N–H and O–H groups in total. The summed E-state index contributed by atoms with van der Waals surface area (Å²) in [6.07, 6.45) is 1.68. The number of nitrogens with zero attached hydrogens (tertiary/aromatic N) is 1. The first-order valence-corrected chi connectivity index (χ1v) is 9.89. The van der Waals surface area contributed by atoms with Crippen molar-refractivity contribution in [3.05, 3.63) is 42.0 Å². The van der Waals surface area contributed by atoms with Gasteiger partial charge in [0, 0.05) is 31.3 Å². The standard InChI is InChI=1S/C22H29N3O4.HI/c1-4-23-22(24-11-10-16-6-8-18(26-2)20(14-16)27-3)25-17-7-9-19-21(15-17)29-13-5-12-28-19;/h6-9,14-15H,4-5,10-13H2,1-3H3,(H2,23,24,25);1H. The second kappa shape index (κ2) is 12.4. The summed E-state index contributed by atoms with van der Waals surface area (Å²) >= 11 is 0. The lowest BCUT2D eigenvalue weighted by Gasteiger charge is -2.14. The third-order valence-corrected chi connectivity index (χ3v) is 4.47. The molecule has 0 spiro atoms. The van der Waals surface area contributed by atoms with Crippen molar-refractivity contribution in [3.63, 3.8) is 0 Å². The van der Waals surface area contributed by atoms with Gasteiger partial charge >= 0.3 is 0 Å². The molecule has 30 heavy (non-hydrogen) atoms. The van der Waals surface area contributed by atoms with E-state index in [4.69, 9.17) is 18.9 Å². The highest BCUT2D eigenvalue weighted by molar-refractivity contribution is 14.0. The maximum absolute atomic E-state index is 5.76. The molecule has 1 heterocycles. The highest BCUT2D eigenvalue weighted by Gasteiger charge is 2.11. The Morgan fingerprint density at radius 2 is 1.77 bits per heavy atom. The van der Waals surface area contributed by atoms with Gasteiger partial charge in [-0.2, -0.15) is 0 Å². The minimum atomic E-state index is 0. The Labute approximate surface area is 195 Å². The van der Waals surface area contributed by atoms with Crippen molar-refractivity contribution in [2.75, 3.05) is 45.8 Å². The van der Waals surface area contributed by atoms with Gasteiger partial charge in [0.15, 0.2) is 29.0 Å². The van der Waals surface area contributed by atoms with Crippen LogP contribution in [0.3, 0.4) is 0 Å². The van der Waals surface area contributed by atoms with Crippen molar-refractivity contribution in [1.29, 1.82) is 0 Å². The molecule has 7 nitrogen and oxygen atoms in total. The van der Waals surface area contributed by atoms with Crippen LogP contribution in [-0.4, -0.2) is 46.5 Å². The third kappa shape index (κ3) is 6.58. The predicted octanol–water partition coefficient (Wildman–Crippen LogP) is 4.10. The van der Waals surface area contributed by atoms with E-state index < -0.39 is 0 Å². The first-order chi connectivity index (χ1) is 14.2. The van der Waals surface area contributed by atoms with Crippen molar-refractivity contribution in [2.45, 2.75) is 19.8 Å². The molecule has 8 heteroatoms. The van der Waals surface area contributed by atoms with E-state index in [-0.39, 0.29) is 24.0 Å². The molecule has 0 saturated heterocycles. The SMILES string of the molecule is CCNC(=NCCc1ccc(OC)c(OC)c1)Nc1ccc2c(c1)OCCCO2.I. The molecule has 0 radical (unpaired) electrons. The molecule has 0 unspecified atom stereocenters. The molecule has 0 saturated carbocycles. The third-order valence-electron chi connectivity index (χ3n) is 4.47. The summed E-state index contributed by atoms with van der Waals surface area (Å²) in [7, 11) is 3.28. The minimum absolute atomic E-state index is 0. The molecule has 2 aromatic rings. The van der Waals surface area contributed by atoms with Crippen LogP contribution in [0.5, 0.6) is 23.0 Å². The lowest BCUT2D eigenvalue weighted by atomic mass is 10.1. The molecular formula is C22H30IN3O4. The lowest BCUT2D eigenvalue weighted by molar-refractivity contribution is 0.297. The number of hydrogen-bond donors (Lipinski definition) is 2. The predicted molar refractivity (Wildman–Crippen MR) is 130 cm³/mol. The molecule has 164 valence electrons. The van der Waals surface area contributed by atoms with Gasteiger partial charge in [0.25, 0.3) is 0 Å². The van der Waals surface area contributed by atoms with Crippen molar-refractivity contribution in [3.8, 4) is 23.0 Å². The van der Waals surface area contributed by atoms with Gasteiger partial charge in [0.2, 0.25) is 0 Å². The van der Waals surface area contributed by atoms with E-state index >= 15 is 0 Å². The van der Waals surface area contributed by atoms with E-state index in [0.717, 1.165) is 59.6 Å². The number of guanidine groups is 1. The van der Waals surface area contributed by atoms with Gasteiger partial charge in [-0.3, -0.25) is 4.99 Å². The number of rotatable bonds is 7. The topological polar surface area (TPSA) is 73.3 Å². The zero-order chi connectivity index (χ0) is 20.5. The molecule has 3 rings (SSSR count). The van der Waals surface area contributed by atoms with E-state index in [0.29, 0.717) is 19.8 Å². The van der Waals surface area contributed by atoms with Crippen LogP contribution in [0.2, 0.25) is 0 Å². The van der Waals surface area contributed by atoms with Crippen molar-refractivity contribution in [2.24, 2.45) is 4.99 Å². The Hall–Kier alpha value is -2.36. The monoisotopic (exact) mass is 527 g/mol. The lowest BCUT2D eigenvalue weighted by Crippen LogP contribution is -2.30. The summed E-state index contributed by atoms with van der Waals surface area (Å²) in [6.45, 7) is 4.79. The molecule has 1 aliphatic heterocycles. The maximum Gasteiger partial charge on any atom is 0.195 e. The maximum atomic E-state index is 5.76. The number of anilines is 1. The van der Waals surface area contributed by atoms with Crippen LogP contribution in [-0.2, 0) is 6.42 Å². The fourth-order valence-electron chi connectivity index (χ4n) is 3.02. The van der Waals surface area contributed by atoms with Crippen molar-refractivity contribution < 1.29 is 18.9 Å². The largest absolute Gasteiger partial charge is 0.493 e. The molecule has 0 bridgehead atoms. The number of aliphatic imine (C=N–C) groups is 1. The van der Waals surface area contributed by atoms with Crippen LogP contribution in [0.1, 0.15) is 18.9 Å². The normalized spacial score (nSPS) is 13.0. The highest BCUT2D eigenvalue weighted by atomic mass is 127. The molecule has 2 aromatic carbocycles. The van der Waals surface area contributed by atoms with Crippen LogP contribution in [0.15, 0.2) is 41.4 Å². The second-order valence-electron chi connectivity index (χ2n) is 6.54. The van der Waals surface area contributed by atoms with E-state index in [9.17, 15) is 0 Å². The van der Waals surface area contributed by atoms with Gasteiger partial charge in [-0.15, -0.1) is 24.0 Å². The van der Waals surface area contributed by atoms with E-state index in [1.54, 1.807) is 14.2 Å². The van der Waals surface area contributed by atoms with Gasteiger partial charge < -0.3 is 29.6 Å². The van der Waals surface area contributed by atoms with E-state index in [1.807, 2.05) is 43.3 Å². The zero-order valence-electron chi connectivity index (χ0n) is 17.7. The number of hydrogen-bond acceptors (Lipinski definition) is 5. The Kier molecular flexibility index (Phi) is 9.85. The summed E-state index contributed by atoms with van der Waals surface area (Å²) in [4.78, 5) is 4.68. The van der Waals surface area contributed by atoms with Crippen molar-refractivity contribution >= 4 is 35.6 Å². The quantitative estimate of drug-likeness (QED) is 0.321. The van der Waals surface area contributed by atoms with Gasteiger partial charge in [-0.1, -0.05) is 6.07 Å². The zero-order valence-corrected chi connectivity index (χ0v) is 20.0. The number of methoxy groups -OCH3 is 2. The van der Waals surface area contributed by atoms with Crippen molar-refractivity contribution in [1.82, 2.24) is 5.32 Å². The van der Waals surface area contributed by atoms with Gasteiger partial charge in [0.1, 0.15) is 0 Å². The molecule has 0 atom stereocenters. The molecule has 0 aromatic heterocycles. The van der Waals surface area contributed by atoms with E-state index in [1.165, 1.54) is 0 Å². The average molecular weight is 527 g/mol. The van der Waals surface area contributed by atoms with Crippen LogP contribution in [0.4, 0.5) is 5.69 Å². The van der Waals surface area contributed by atoms with Crippen LogP contribution in [0, 0.1) is 0 Å². The summed E-state index contributed by atoms with van der Waals surface area (Å²) in [5.74, 6) is 3.72. The van der Waals surface area contributed by atoms with Crippen LogP contribution in [0.25, 0.3) is 0 Å². The van der Waals surface area contributed by atoms with Crippen LogP contribution < -0.4 is 29.6 Å². The minimum Gasteiger partial charge on any atom is -0.493 e. The van der Waals surface area contributed by atoms with Crippen LogP contribution >= 0.6 is 24.0 Å². The smallest absolute Gasteiger partial charge is 0.195 e. The summed E-state index contributed by atoms with van der Waals surface area (Å²) < 4.78 is 22.1. The summed E-state index contributed by atoms with van der Waals surface area (Å²) in [5.41, 5.74) is 2.04. The second-order valence-corrected chi connectivity index (χ2v) is 6.54. The number of halogens is 1. The molecule has 0 fully saturated rings. The highest BCUT2D eigenvalue weighted by Crippen LogP contribution is 2.32.